The first-order valence-corrected chi connectivity index (χ1v) is 6.56. The largest absolute Gasteiger partial charge is 0.447 e. The van der Waals surface area contributed by atoms with Crippen molar-refractivity contribution in [1.29, 1.82) is 0 Å². The zero-order chi connectivity index (χ0) is 13.6. The SMILES string of the molecule is O=c1[nH]c2cc(Br)c(C(O)c3ccc(Cl)o3)cc2[nH]1. The van der Waals surface area contributed by atoms with E-state index in [0.29, 0.717) is 26.8 Å². The zero-order valence-electron chi connectivity index (χ0n) is 9.41. The van der Waals surface area contributed by atoms with Gasteiger partial charge in [-0.15, -0.1) is 0 Å². The van der Waals surface area contributed by atoms with Crippen LogP contribution in [0.1, 0.15) is 17.4 Å². The Balaban J connectivity index is 2.13. The van der Waals surface area contributed by atoms with Crippen molar-refractivity contribution < 1.29 is 9.52 Å². The van der Waals surface area contributed by atoms with Gasteiger partial charge in [-0.2, -0.15) is 0 Å². The molecule has 0 aliphatic carbocycles. The van der Waals surface area contributed by atoms with Gasteiger partial charge in [-0.3, -0.25) is 0 Å². The highest BCUT2D eigenvalue weighted by atomic mass is 79.9. The Morgan fingerprint density at radius 2 is 1.95 bits per heavy atom. The van der Waals surface area contributed by atoms with Crippen molar-refractivity contribution >= 4 is 38.6 Å². The van der Waals surface area contributed by atoms with Gasteiger partial charge in [-0.1, -0.05) is 15.9 Å². The van der Waals surface area contributed by atoms with E-state index in [1.54, 1.807) is 24.3 Å². The number of imidazole rings is 1. The summed E-state index contributed by atoms with van der Waals surface area (Å²) >= 11 is 9.05. The minimum atomic E-state index is -0.968. The number of furan rings is 1. The van der Waals surface area contributed by atoms with Gasteiger partial charge in [-0.05, 0) is 35.9 Å². The fourth-order valence-corrected chi connectivity index (χ4v) is 2.62. The average molecular weight is 344 g/mol. The lowest BCUT2D eigenvalue weighted by molar-refractivity contribution is 0.189. The van der Waals surface area contributed by atoms with Gasteiger partial charge in [0.25, 0.3) is 0 Å². The highest BCUT2D eigenvalue weighted by Gasteiger charge is 2.18. The lowest BCUT2D eigenvalue weighted by Gasteiger charge is -2.10. The molecule has 0 fully saturated rings. The third-order valence-corrected chi connectivity index (χ3v) is 3.68. The van der Waals surface area contributed by atoms with Gasteiger partial charge in [0.1, 0.15) is 11.9 Å². The van der Waals surface area contributed by atoms with Crippen molar-refractivity contribution in [2.75, 3.05) is 0 Å². The number of aromatic amines is 2. The highest BCUT2D eigenvalue weighted by molar-refractivity contribution is 9.10. The van der Waals surface area contributed by atoms with E-state index >= 15 is 0 Å². The average Bonchev–Trinajstić information content (AvgIpc) is 2.92. The van der Waals surface area contributed by atoms with Crippen LogP contribution in [0.25, 0.3) is 11.0 Å². The minimum absolute atomic E-state index is 0.210. The number of hydrogen-bond donors (Lipinski definition) is 3. The number of fused-ring (bicyclic) bond motifs is 1. The molecule has 3 rings (SSSR count). The van der Waals surface area contributed by atoms with Gasteiger partial charge >= 0.3 is 5.69 Å². The van der Waals surface area contributed by atoms with Crippen molar-refractivity contribution in [1.82, 2.24) is 9.97 Å². The molecule has 1 unspecified atom stereocenters. The smallest absolute Gasteiger partial charge is 0.323 e. The number of nitrogens with one attached hydrogen (secondary N) is 2. The van der Waals surface area contributed by atoms with Gasteiger partial charge in [0.2, 0.25) is 0 Å². The maximum Gasteiger partial charge on any atom is 0.323 e. The van der Waals surface area contributed by atoms with Crippen molar-refractivity contribution in [2.45, 2.75) is 6.10 Å². The molecule has 0 saturated heterocycles. The van der Waals surface area contributed by atoms with Crippen LogP contribution in [-0.2, 0) is 0 Å². The number of aromatic nitrogens is 2. The van der Waals surface area contributed by atoms with Gasteiger partial charge < -0.3 is 19.5 Å². The number of rotatable bonds is 2. The highest BCUT2D eigenvalue weighted by Crippen LogP contribution is 2.32. The first kappa shape index (κ1) is 12.5. The van der Waals surface area contributed by atoms with Crippen molar-refractivity contribution in [3.05, 3.63) is 55.8 Å². The summed E-state index contributed by atoms with van der Waals surface area (Å²) in [5.74, 6) is 0.336. The Morgan fingerprint density at radius 1 is 1.26 bits per heavy atom. The summed E-state index contributed by atoms with van der Waals surface area (Å²) in [7, 11) is 0. The number of H-pyrrole nitrogens is 2. The fourth-order valence-electron chi connectivity index (χ4n) is 1.91. The first-order valence-electron chi connectivity index (χ1n) is 5.39. The summed E-state index contributed by atoms with van der Waals surface area (Å²) in [5, 5.41) is 10.5. The predicted octanol–water partition coefficient (Wildman–Crippen LogP) is 2.95. The molecule has 0 saturated carbocycles. The fraction of sp³-hybridized carbons (Fsp3) is 0.0833. The molecule has 0 bridgehead atoms. The molecule has 1 atom stereocenters. The van der Waals surface area contributed by atoms with Gasteiger partial charge in [-0.25, -0.2) is 4.79 Å². The van der Waals surface area contributed by atoms with Crippen LogP contribution in [0, 0.1) is 0 Å². The summed E-state index contributed by atoms with van der Waals surface area (Å²) in [6.45, 7) is 0. The molecular formula is C12H8BrClN2O3. The molecule has 98 valence electrons. The second-order valence-electron chi connectivity index (χ2n) is 4.04. The van der Waals surface area contributed by atoms with E-state index in [1.807, 2.05) is 0 Å². The van der Waals surface area contributed by atoms with Gasteiger partial charge in [0.15, 0.2) is 5.22 Å². The van der Waals surface area contributed by atoms with Crippen LogP contribution in [0.15, 0.2) is 37.9 Å². The summed E-state index contributed by atoms with van der Waals surface area (Å²) < 4.78 is 5.85. The first-order chi connectivity index (χ1) is 9.04. The van der Waals surface area contributed by atoms with Crippen LogP contribution in [-0.4, -0.2) is 15.1 Å². The van der Waals surface area contributed by atoms with Crippen LogP contribution in [0.5, 0.6) is 0 Å². The molecular weight excluding hydrogens is 336 g/mol. The number of halogens is 2. The van der Waals surface area contributed by atoms with E-state index in [1.165, 1.54) is 0 Å². The quantitative estimate of drug-likeness (QED) is 0.669. The van der Waals surface area contributed by atoms with Crippen molar-refractivity contribution in [2.24, 2.45) is 0 Å². The monoisotopic (exact) mass is 342 g/mol. The lowest BCUT2D eigenvalue weighted by atomic mass is 10.1. The molecule has 0 aliphatic rings. The molecule has 2 heterocycles. The minimum Gasteiger partial charge on any atom is -0.447 e. The van der Waals surface area contributed by atoms with E-state index in [0.717, 1.165) is 0 Å². The maximum absolute atomic E-state index is 11.2. The molecule has 2 aromatic heterocycles. The standard InChI is InChI=1S/C12H8BrClN2O3/c13-6-4-8-7(15-12(18)16-8)3-5(6)11(17)9-1-2-10(14)19-9/h1-4,11,17H,(H2,15,16,18). The Morgan fingerprint density at radius 3 is 2.58 bits per heavy atom. The molecule has 7 heteroatoms. The summed E-state index contributed by atoms with van der Waals surface area (Å²) in [6.07, 6.45) is -0.968. The number of benzene rings is 1. The van der Waals surface area contributed by atoms with Gasteiger partial charge in [0.05, 0.1) is 11.0 Å². The topological polar surface area (TPSA) is 82.0 Å². The van der Waals surface area contributed by atoms with E-state index in [4.69, 9.17) is 16.0 Å². The molecule has 0 aliphatic heterocycles. The Kier molecular flexibility index (Phi) is 3.00. The third kappa shape index (κ3) is 2.22. The van der Waals surface area contributed by atoms with Gasteiger partial charge in [0, 0.05) is 10.0 Å². The van der Waals surface area contributed by atoms with E-state index in [2.05, 4.69) is 25.9 Å². The van der Waals surface area contributed by atoms with Crippen LogP contribution in [0.4, 0.5) is 0 Å². The normalized spacial score (nSPS) is 13.0. The predicted molar refractivity (Wildman–Crippen MR) is 74.4 cm³/mol. The van der Waals surface area contributed by atoms with Crippen molar-refractivity contribution in [3.63, 3.8) is 0 Å². The molecule has 0 amide bonds. The molecule has 1 aromatic carbocycles. The molecule has 3 N–H and O–H groups in total. The van der Waals surface area contributed by atoms with E-state index in [-0.39, 0.29) is 10.9 Å². The molecule has 3 aromatic rings. The summed E-state index contributed by atoms with van der Waals surface area (Å²) in [4.78, 5) is 16.5. The Hall–Kier alpha value is -1.50. The summed E-state index contributed by atoms with van der Waals surface area (Å²) in [6, 6.07) is 6.56. The second kappa shape index (κ2) is 4.56. The maximum atomic E-state index is 11.2. The second-order valence-corrected chi connectivity index (χ2v) is 5.27. The Labute approximate surface area is 120 Å². The van der Waals surface area contributed by atoms with E-state index in [9.17, 15) is 9.90 Å². The van der Waals surface area contributed by atoms with Crippen LogP contribution in [0.2, 0.25) is 5.22 Å². The van der Waals surface area contributed by atoms with Crippen LogP contribution >= 0.6 is 27.5 Å². The molecule has 19 heavy (non-hydrogen) atoms. The lowest BCUT2D eigenvalue weighted by Crippen LogP contribution is -1.99. The molecule has 5 nitrogen and oxygen atoms in total. The molecule has 0 radical (unpaired) electrons. The van der Waals surface area contributed by atoms with Crippen LogP contribution in [0.3, 0.4) is 0 Å². The van der Waals surface area contributed by atoms with E-state index < -0.39 is 6.10 Å². The summed E-state index contributed by atoms with van der Waals surface area (Å²) in [5.41, 5.74) is 1.55. The third-order valence-electron chi connectivity index (χ3n) is 2.79. The zero-order valence-corrected chi connectivity index (χ0v) is 11.7. The molecule has 0 spiro atoms. The van der Waals surface area contributed by atoms with Crippen molar-refractivity contribution in [3.8, 4) is 0 Å². The number of hydrogen-bond acceptors (Lipinski definition) is 3. The number of aliphatic hydroxyl groups is 1. The number of aliphatic hydroxyl groups excluding tert-OH is 1. The van der Waals surface area contributed by atoms with Crippen LogP contribution < -0.4 is 5.69 Å². The Bertz CT molecular complexity index is 805.